The highest BCUT2D eigenvalue weighted by Gasteiger charge is 2.50. The minimum atomic E-state index is -2.71. The molecule has 0 aliphatic carbocycles. The molecular weight excluding hydrogens is 657 g/mol. The molecule has 8 heteroatoms. The largest absolute Gasteiger partial charge is 0.497 e. The Morgan fingerprint density at radius 2 is 1.44 bits per heavy atom. The van der Waals surface area contributed by atoms with Crippen LogP contribution in [0.15, 0.2) is 97.1 Å². The maximum atomic E-state index is 11.0. The first kappa shape index (κ1) is 40.2. The lowest BCUT2D eigenvalue weighted by Gasteiger charge is -2.43. The summed E-state index contributed by atoms with van der Waals surface area (Å²) in [6.45, 7) is 19.1. The predicted octanol–water partition coefficient (Wildman–Crippen LogP) is 7.88. The fourth-order valence-electron chi connectivity index (χ4n) is 7.54. The van der Waals surface area contributed by atoms with Gasteiger partial charge in [-0.3, -0.25) is 0 Å². The van der Waals surface area contributed by atoms with Gasteiger partial charge < -0.3 is 28.8 Å². The molecule has 5 atom stereocenters. The van der Waals surface area contributed by atoms with Crippen molar-refractivity contribution in [3.8, 4) is 5.75 Å². The number of rotatable bonds is 18. The zero-order valence-corrected chi connectivity index (χ0v) is 33.6. The summed E-state index contributed by atoms with van der Waals surface area (Å²) in [5.41, 5.74) is 2.17. The van der Waals surface area contributed by atoms with Crippen molar-refractivity contribution in [1.29, 1.82) is 0 Å². The number of ether oxygens (including phenoxy) is 3. The van der Waals surface area contributed by atoms with Gasteiger partial charge in [0.25, 0.3) is 8.32 Å². The highest BCUT2D eigenvalue weighted by Crippen LogP contribution is 2.37. The highest BCUT2D eigenvalue weighted by atomic mass is 28.4. The number of hydrogen-bond donors (Lipinski definition) is 2. The van der Waals surface area contributed by atoms with Gasteiger partial charge in [-0.15, -0.1) is 6.58 Å². The van der Waals surface area contributed by atoms with E-state index in [0.29, 0.717) is 51.7 Å². The van der Waals surface area contributed by atoms with Crippen LogP contribution in [0.25, 0.3) is 0 Å². The lowest BCUT2D eigenvalue weighted by molar-refractivity contribution is -0.126. The molecule has 1 fully saturated rings. The topological polar surface area (TPSA) is 77.4 Å². The van der Waals surface area contributed by atoms with Crippen LogP contribution in [0, 0.1) is 0 Å². The minimum Gasteiger partial charge on any atom is -0.497 e. The highest BCUT2D eigenvalue weighted by molar-refractivity contribution is 6.99. The molecule has 50 heavy (non-hydrogen) atoms. The van der Waals surface area contributed by atoms with E-state index < -0.39 is 28.6 Å². The molecule has 3 aromatic carbocycles. The molecule has 1 heterocycles. The van der Waals surface area contributed by atoms with Crippen molar-refractivity contribution in [3.05, 3.63) is 103 Å². The maximum Gasteiger partial charge on any atom is 0.261 e. The van der Waals surface area contributed by atoms with Gasteiger partial charge in [-0.1, -0.05) is 119 Å². The van der Waals surface area contributed by atoms with E-state index in [-0.39, 0.29) is 23.4 Å². The third-order valence-electron chi connectivity index (χ3n) is 9.64. The van der Waals surface area contributed by atoms with Gasteiger partial charge in [0.2, 0.25) is 0 Å². The molecule has 0 spiro atoms. The first-order chi connectivity index (χ1) is 23.7. The Morgan fingerprint density at radius 3 is 1.96 bits per heavy atom. The van der Waals surface area contributed by atoms with Gasteiger partial charge >= 0.3 is 0 Å². The first-order valence-corrected chi connectivity index (χ1v) is 24.0. The van der Waals surface area contributed by atoms with Crippen molar-refractivity contribution in [3.63, 3.8) is 0 Å². The third-order valence-corrected chi connectivity index (χ3v) is 16.2. The number of aliphatic hydroxyl groups excluding tert-OH is 2. The van der Waals surface area contributed by atoms with E-state index in [4.69, 9.17) is 18.6 Å². The Labute approximate surface area is 304 Å². The summed E-state index contributed by atoms with van der Waals surface area (Å²) in [5, 5.41) is 24.3. The van der Waals surface area contributed by atoms with Gasteiger partial charge in [0, 0.05) is 14.7 Å². The van der Waals surface area contributed by atoms with Crippen LogP contribution in [-0.2, 0) is 20.5 Å². The Kier molecular flexibility index (Phi) is 14.7. The second kappa shape index (κ2) is 18.3. The molecule has 0 radical (unpaired) electrons. The van der Waals surface area contributed by atoms with E-state index in [2.05, 4.69) is 108 Å². The summed E-state index contributed by atoms with van der Waals surface area (Å²) in [7, 11) is -2.34. The number of hydrogen-bond acceptors (Lipinski definition) is 6. The summed E-state index contributed by atoms with van der Waals surface area (Å²) in [6, 6.07) is 30.4. The van der Waals surface area contributed by atoms with Crippen molar-refractivity contribution in [2.45, 2.75) is 127 Å². The van der Waals surface area contributed by atoms with E-state index in [0.717, 1.165) is 22.9 Å². The molecule has 3 aromatic rings. The molecule has 2 N–H and O–H groups in total. The van der Waals surface area contributed by atoms with E-state index >= 15 is 0 Å². The van der Waals surface area contributed by atoms with Gasteiger partial charge in [-0.25, -0.2) is 0 Å². The second-order valence-corrected chi connectivity index (χ2v) is 26.2. The summed E-state index contributed by atoms with van der Waals surface area (Å²) in [6.07, 6.45) is 1.90. The molecule has 1 aliphatic heterocycles. The molecule has 0 amide bonds. The summed E-state index contributed by atoms with van der Waals surface area (Å²) < 4.78 is 25.8. The number of aliphatic hydroxyl groups is 2. The smallest absolute Gasteiger partial charge is 0.261 e. The van der Waals surface area contributed by atoms with Gasteiger partial charge in [0.15, 0.2) is 0 Å². The van der Waals surface area contributed by atoms with Crippen LogP contribution in [0.3, 0.4) is 0 Å². The van der Waals surface area contributed by atoms with Gasteiger partial charge in [0.05, 0.1) is 44.2 Å². The third kappa shape index (κ3) is 11.7. The SMILES string of the molecule is C=C(C[C@@H](O)C[C@H]1C[C@@H](O)C[C@@H](C[C@@H](CCO[Si](c2ccccc2)(c2ccccc2)C(C)(C)C)OCc2ccc(OC)cc2)O1)C[Si](C)(C)C. The summed E-state index contributed by atoms with van der Waals surface area (Å²) >= 11 is 0. The van der Waals surface area contributed by atoms with Crippen LogP contribution in [0.4, 0.5) is 0 Å². The normalized spacial score (nSPS) is 19.9. The van der Waals surface area contributed by atoms with Crippen LogP contribution in [0.2, 0.25) is 30.7 Å². The van der Waals surface area contributed by atoms with Crippen molar-refractivity contribution >= 4 is 26.8 Å². The van der Waals surface area contributed by atoms with Crippen LogP contribution in [-0.4, -0.2) is 70.8 Å². The van der Waals surface area contributed by atoms with E-state index in [1.54, 1.807) is 7.11 Å². The summed E-state index contributed by atoms with van der Waals surface area (Å²) in [4.78, 5) is 0. The average molecular weight is 719 g/mol. The monoisotopic (exact) mass is 718 g/mol. The zero-order chi connectivity index (χ0) is 36.4. The number of benzene rings is 3. The lowest BCUT2D eigenvalue weighted by atomic mass is 9.93. The van der Waals surface area contributed by atoms with Crippen molar-refractivity contribution in [2.75, 3.05) is 13.7 Å². The van der Waals surface area contributed by atoms with Crippen LogP contribution in [0.5, 0.6) is 5.75 Å². The van der Waals surface area contributed by atoms with Crippen molar-refractivity contribution in [2.24, 2.45) is 0 Å². The molecule has 6 nitrogen and oxygen atoms in total. The van der Waals surface area contributed by atoms with Crippen LogP contribution >= 0.6 is 0 Å². The zero-order valence-electron chi connectivity index (χ0n) is 31.6. The van der Waals surface area contributed by atoms with Gasteiger partial charge in [-0.2, -0.15) is 0 Å². The molecule has 0 aromatic heterocycles. The predicted molar refractivity (Wildman–Crippen MR) is 211 cm³/mol. The van der Waals surface area contributed by atoms with Gasteiger partial charge in [0.1, 0.15) is 5.75 Å². The average Bonchev–Trinajstić information content (AvgIpc) is 3.04. The Bertz CT molecular complexity index is 1400. The van der Waals surface area contributed by atoms with Crippen molar-refractivity contribution in [1.82, 2.24) is 0 Å². The Hall–Kier alpha value is -2.57. The second-order valence-electron chi connectivity index (χ2n) is 16.4. The van der Waals surface area contributed by atoms with E-state index in [1.807, 2.05) is 24.3 Å². The molecule has 274 valence electrons. The van der Waals surface area contributed by atoms with Crippen LogP contribution in [0.1, 0.15) is 64.9 Å². The Morgan fingerprint density at radius 1 is 0.880 bits per heavy atom. The van der Waals surface area contributed by atoms with E-state index in [9.17, 15) is 10.2 Å². The summed E-state index contributed by atoms with van der Waals surface area (Å²) in [5.74, 6) is 0.811. The molecule has 1 aliphatic rings. The van der Waals surface area contributed by atoms with Crippen LogP contribution < -0.4 is 15.1 Å². The fourth-order valence-corrected chi connectivity index (χ4v) is 13.8. The molecule has 0 saturated carbocycles. The van der Waals surface area contributed by atoms with E-state index in [1.165, 1.54) is 10.4 Å². The first-order valence-electron chi connectivity index (χ1n) is 18.4. The molecule has 1 saturated heterocycles. The molecule has 0 unspecified atom stereocenters. The molecule has 0 bridgehead atoms. The van der Waals surface area contributed by atoms with Gasteiger partial charge in [-0.05, 0) is 77.7 Å². The van der Waals surface area contributed by atoms with Crippen molar-refractivity contribution < 1.29 is 28.8 Å². The molecular formula is C42H62O6Si2. The molecule has 4 rings (SSSR count). The minimum absolute atomic E-state index is 0.125. The standard InChI is InChI=1S/C42H62O6Si2/c1-32(31-49(6,7)8)25-34(43)26-38-27-35(44)28-39(48-38)29-37(46-30-33-19-21-36(45-5)22-20-33)23-24-47-50(42(2,3)4,40-15-11-9-12-16-40)41-17-13-10-14-18-41/h9-22,34-35,37-39,43-44H,1,23-31H2,2-8H3/t34-,35-,37-,38+,39+/m1/s1. The fraction of sp³-hybridized carbons (Fsp3) is 0.524. The number of methoxy groups -OCH3 is 1. The maximum absolute atomic E-state index is 11.0. The lowest BCUT2D eigenvalue weighted by Crippen LogP contribution is -2.66. The quantitative estimate of drug-likeness (QED) is 0.103. The Balaban J connectivity index is 1.50.